The highest BCUT2D eigenvalue weighted by Crippen LogP contribution is 2.38. The van der Waals surface area contributed by atoms with E-state index in [1.54, 1.807) is 0 Å². The first-order valence-electron chi connectivity index (χ1n) is 7.95. The predicted octanol–water partition coefficient (Wildman–Crippen LogP) is 2.31. The maximum absolute atomic E-state index is 12.3. The zero-order valence-corrected chi connectivity index (χ0v) is 13.5. The van der Waals surface area contributed by atoms with Crippen LogP contribution in [0.25, 0.3) is 11.3 Å². The van der Waals surface area contributed by atoms with E-state index < -0.39 is 0 Å². The summed E-state index contributed by atoms with van der Waals surface area (Å²) in [6, 6.07) is 7.59. The van der Waals surface area contributed by atoms with Gasteiger partial charge >= 0.3 is 0 Å². The van der Waals surface area contributed by atoms with Crippen LogP contribution in [0.5, 0.6) is 5.75 Å². The van der Waals surface area contributed by atoms with Gasteiger partial charge in [-0.05, 0) is 25.2 Å². The summed E-state index contributed by atoms with van der Waals surface area (Å²) >= 11 is 0. The lowest BCUT2D eigenvalue weighted by Gasteiger charge is -2.18. The average molecular weight is 315 g/mol. The van der Waals surface area contributed by atoms with Crippen LogP contribution >= 0.6 is 0 Å². The molecule has 1 N–H and O–H groups in total. The highest BCUT2D eigenvalue weighted by atomic mass is 16.5. The number of rotatable bonds is 6. The second-order valence-electron chi connectivity index (χ2n) is 5.41. The number of fused-ring (bicyclic) bond motifs is 3. The van der Waals surface area contributed by atoms with E-state index in [0.717, 1.165) is 30.9 Å². The summed E-state index contributed by atoms with van der Waals surface area (Å²) in [5.74, 6) is 1.16. The second kappa shape index (κ2) is 6.83. The Morgan fingerprint density at radius 1 is 1.30 bits per heavy atom. The highest BCUT2D eigenvalue weighted by Gasteiger charge is 2.28. The number of hydrogen-bond acceptors (Lipinski definition) is 5. The maximum Gasteiger partial charge on any atom is 0.273 e. The number of likely N-dealkylation sites (N-methyl/N-ethyl adjacent to an activating group) is 1. The minimum atomic E-state index is -0.217. The number of nitrogens with one attached hydrogen (secondary N) is 1. The molecule has 0 saturated carbocycles. The molecule has 1 amide bonds. The van der Waals surface area contributed by atoms with Gasteiger partial charge in [-0.15, -0.1) is 0 Å². The van der Waals surface area contributed by atoms with Gasteiger partial charge in [-0.3, -0.25) is 4.79 Å². The molecule has 0 fully saturated rings. The summed E-state index contributed by atoms with van der Waals surface area (Å²) in [6.07, 6.45) is 0. The van der Waals surface area contributed by atoms with Gasteiger partial charge in [-0.25, -0.2) is 0 Å². The van der Waals surface area contributed by atoms with Gasteiger partial charge in [0.05, 0.1) is 11.1 Å². The summed E-state index contributed by atoms with van der Waals surface area (Å²) in [5.41, 5.74) is 1.86. The Labute approximate surface area is 135 Å². The summed E-state index contributed by atoms with van der Waals surface area (Å²) in [7, 11) is 0. The van der Waals surface area contributed by atoms with Crippen LogP contribution in [0.3, 0.4) is 0 Å². The van der Waals surface area contributed by atoms with Gasteiger partial charge in [0.1, 0.15) is 12.4 Å². The molecule has 1 aromatic heterocycles. The van der Waals surface area contributed by atoms with E-state index in [1.165, 1.54) is 0 Å². The lowest BCUT2D eigenvalue weighted by atomic mass is 10.0. The van der Waals surface area contributed by atoms with Gasteiger partial charge in [-0.1, -0.05) is 31.1 Å². The Morgan fingerprint density at radius 2 is 2.09 bits per heavy atom. The molecule has 3 rings (SSSR count). The van der Waals surface area contributed by atoms with Gasteiger partial charge in [0.2, 0.25) is 0 Å². The minimum Gasteiger partial charge on any atom is -0.488 e. The van der Waals surface area contributed by atoms with Gasteiger partial charge in [0, 0.05) is 13.1 Å². The van der Waals surface area contributed by atoms with Gasteiger partial charge in [0.25, 0.3) is 5.91 Å². The fourth-order valence-electron chi connectivity index (χ4n) is 2.71. The SMILES string of the molecule is CCN(CC)CCNC(=O)c1noc2c1COc1ccccc1-2. The summed E-state index contributed by atoms with van der Waals surface area (Å²) in [4.78, 5) is 14.6. The van der Waals surface area contributed by atoms with E-state index in [2.05, 4.69) is 29.2 Å². The molecular weight excluding hydrogens is 294 g/mol. The molecule has 0 radical (unpaired) electrons. The minimum absolute atomic E-state index is 0.217. The van der Waals surface area contributed by atoms with Crippen LogP contribution in [-0.4, -0.2) is 42.1 Å². The van der Waals surface area contributed by atoms with Crippen molar-refractivity contribution in [3.8, 4) is 17.1 Å². The second-order valence-corrected chi connectivity index (χ2v) is 5.41. The molecule has 23 heavy (non-hydrogen) atoms. The van der Waals surface area contributed by atoms with Crippen LogP contribution in [0.15, 0.2) is 28.8 Å². The van der Waals surface area contributed by atoms with Gasteiger partial charge in [-0.2, -0.15) is 0 Å². The Hall–Kier alpha value is -2.34. The molecule has 0 atom stereocenters. The molecule has 6 heteroatoms. The number of aromatic nitrogens is 1. The smallest absolute Gasteiger partial charge is 0.273 e. The first-order chi connectivity index (χ1) is 11.2. The van der Waals surface area contributed by atoms with Crippen molar-refractivity contribution in [1.29, 1.82) is 0 Å². The molecular formula is C17H21N3O3. The van der Waals surface area contributed by atoms with Crippen molar-refractivity contribution < 1.29 is 14.1 Å². The van der Waals surface area contributed by atoms with Crippen molar-refractivity contribution in [2.24, 2.45) is 0 Å². The van der Waals surface area contributed by atoms with Gasteiger partial charge < -0.3 is 19.5 Å². The number of nitrogens with zero attached hydrogens (tertiary/aromatic N) is 2. The topological polar surface area (TPSA) is 67.6 Å². The van der Waals surface area contributed by atoms with Gasteiger partial charge in [0.15, 0.2) is 11.5 Å². The molecule has 0 bridgehead atoms. The fraction of sp³-hybridized carbons (Fsp3) is 0.412. The van der Waals surface area contributed by atoms with E-state index in [4.69, 9.17) is 9.26 Å². The molecule has 0 saturated heterocycles. The lowest BCUT2D eigenvalue weighted by molar-refractivity contribution is 0.0938. The Bertz CT molecular complexity index is 692. The molecule has 6 nitrogen and oxygen atoms in total. The van der Waals surface area contributed by atoms with Crippen LogP contribution in [-0.2, 0) is 6.61 Å². The number of carbonyl (C=O) groups excluding carboxylic acids is 1. The zero-order valence-electron chi connectivity index (χ0n) is 13.5. The van der Waals surface area contributed by atoms with Crippen LogP contribution in [0.4, 0.5) is 0 Å². The largest absolute Gasteiger partial charge is 0.488 e. The fourth-order valence-corrected chi connectivity index (χ4v) is 2.71. The van der Waals surface area contributed by atoms with Crippen molar-refractivity contribution in [3.63, 3.8) is 0 Å². The lowest BCUT2D eigenvalue weighted by Crippen LogP contribution is -2.35. The highest BCUT2D eigenvalue weighted by molar-refractivity contribution is 5.95. The van der Waals surface area contributed by atoms with Crippen LogP contribution < -0.4 is 10.1 Å². The summed E-state index contributed by atoms with van der Waals surface area (Å²) < 4.78 is 11.1. The zero-order chi connectivity index (χ0) is 16.2. The van der Waals surface area contributed by atoms with Crippen LogP contribution in [0.2, 0.25) is 0 Å². The molecule has 1 aliphatic heterocycles. The Morgan fingerprint density at radius 3 is 2.87 bits per heavy atom. The third-order valence-electron chi connectivity index (χ3n) is 4.11. The van der Waals surface area contributed by atoms with Crippen molar-refractivity contribution in [3.05, 3.63) is 35.5 Å². The van der Waals surface area contributed by atoms with E-state index >= 15 is 0 Å². The first kappa shape index (κ1) is 15.6. The predicted molar refractivity (Wildman–Crippen MR) is 86.4 cm³/mol. The van der Waals surface area contributed by atoms with E-state index in [1.807, 2.05) is 24.3 Å². The molecule has 1 aromatic carbocycles. The summed E-state index contributed by atoms with van der Waals surface area (Å²) in [6.45, 7) is 7.85. The molecule has 0 spiro atoms. The number of benzene rings is 1. The molecule has 0 unspecified atom stereocenters. The van der Waals surface area contributed by atoms with Crippen molar-refractivity contribution in [1.82, 2.24) is 15.4 Å². The van der Waals surface area contributed by atoms with Crippen molar-refractivity contribution >= 4 is 5.91 Å². The van der Waals surface area contributed by atoms with Crippen LogP contribution in [0.1, 0.15) is 29.9 Å². The monoisotopic (exact) mass is 315 g/mol. The molecule has 2 aromatic rings. The number of para-hydroxylation sites is 1. The molecule has 0 aliphatic carbocycles. The molecule has 122 valence electrons. The van der Waals surface area contributed by atoms with Crippen molar-refractivity contribution in [2.75, 3.05) is 26.2 Å². The number of carbonyl (C=O) groups is 1. The quantitative estimate of drug-likeness (QED) is 0.886. The van der Waals surface area contributed by atoms with E-state index in [9.17, 15) is 4.79 Å². The number of amides is 1. The third-order valence-corrected chi connectivity index (χ3v) is 4.11. The number of hydrogen-bond donors (Lipinski definition) is 1. The normalized spacial score (nSPS) is 12.5. The summed E-state index contributed by atoms with van der Waals surface area (Å²) in [5, 5.41) is 6.85. The van der Waals surface area contributed by atoms with E-state index in [-0.39, 0.29) is 5.91 Å². The standard InChI is InChI=1S/C17H21N3O3/c1-3-20(4-2)10-9-18-17(21)15-13-11-22-14-8-6-5-7-12(14)16(13)23-19-15/h5-8H,3-4,9-11H2,1-2H3,(H,18,21). The Kier molecular flexibility index (Phi) is 4.62. The number of ether oxygens (including phenoxy) is 1. The average Bonchev–Trinajstić information content (AvgIpc) is 3.03. The molecule has 1 aliphatic rings. The maximum atomic E-state index is 12.3. The van der Waals surface area contributed by atoms with Crippen LogP contribution in [0, 0.1) is 0 Å². The first-order valence-corrected chi connectivity index (χ1v) is 7.95. The third kappa shape index (κ3) is 3.07. The Balaban J connectivity index is 1.71. The van der Waals surface area contributed by atoms with Crippen molar-refractivity contribution in [2.45, 2.75) is 20.5 Å². The van der Waals surface area contributed by atoms with E-state index in [0.29, 0.717) is 30.2 Å². The molecule has 2 heterocycles.